The summed E-state index contributed by atoms with van der Waals surface area (Å²) in [5.74, 6) is 0.241. The molecule has 90 valence electrons. The van der Waals surface area contributed by atoms with E-state index < -0.39 is 0 Å². The number of nitrogens with two attached hydrogens (primary N) is 1. The van der Waals surface area contributed by atoms with E-state index in [0.717, 1.165) is 22.2 Å². The average molecular weight is 239 g/mol. The number of benzene rings is 2. The normalized spacial score (nSPS) is 10.9. The molecular formula is C14H13N3O. The Balaban J connectivity index is 2.40. The number of hydrogen-bond acceptors (Lipinski definition) is 3. The second-order valence-corrected chi connectivity index (χ2v) is 4.23. The minimum absolute atomic E-state index is 0.241. The van der Waals surface area contributed by atoms with Gasteiger partial charge in [-0.2, -0.15) is 5.10 Å². The summed E-state index contributed by atoms with van der Waals surface area (Å²) >= 11 is 0. The summed E-state index contributed by atoms with van der Waals surface area (Å²) in [4.78, 5) is 0. The van der Waals surface area contributed by atoms with E-state index in [2.05, 4.69) is 5.10 Å². The van der Waals surface area contributed by atoms with Gasteiger partial charge in [-0.3, -0.25) is 4.68 Å². The van der Waals surface area contributed by atoms with E-state index in [-0.39, 0.29) is 5.75 Å². The molecule has 4 heteroatoms. The molecule has 0 aliphatic carbocycles. The third-order valence-electron chi connectivity index (χ3n) is 3.06. The molecule has 1 aromatic heterocycles. The first-order valence-electron chi connectivity index (χ1n) is 5.68. The number of aromatic nitrogens is 2. The molecule has 0 radical (unpaired) electrons. The van der Waals surface area contributed by atoms with Crippen molar-refractivity contribution >= 4 is 16.6 Å². The molecule has 3 N–H and O–H groups in total. The quantitative estimate of drug-likeness (QED) is 0.641. The van der Waals surface area contributed by atoms with Gasteiger partial charge < -0.3 is 10.8 Å². The molecule has 0 unspecified atom stereocenters. The lowest BCUT2D eigenvalue weighted by atomic mass is 10.1. The van der Waals surface area contributed by atoms with Crippen molar-refractivity contribution in [1.29, 1.82) is 0 Å². The summed E-state index contributed by atoms with van der Waals surface area (Å²) in [6, 6.07) is 12.9. The van der Waals surface area contributed by atoms with Gasteiger partial charge in [-0.1, -0.05) is 24.3 Å². The lowest BCUT2D eigenvalue weighted by molar-refractivity contribution is 0.476. The monoisotopic (exact) mass is 239 g/mol. The van der Waals surface area contributed by atoms with Crippen molar-refractivity contribution in [2.45, 2.75) is 0 Å². The Morgan fingerprint density at radius 1 is 1.11 bits per heavy atom. The highest BCUT2D eigenvalue weighted by Crippen LogP contribution is 2.35. The van der Waals surface area contributed by atoms with Crippen LogP contribution in [0.2, 0.25) is 0 Å². The molecule has 0 aliphatic rings. The number of nitrogens with zero attached hydrogens (tertiary/aromatic N) is 2. The van der Waals surface area contributed by atoms with Gasteiger partial charge in [0.15, 0.2) is 0 Å². The molecule has 0 fully saturated rings. The van der Waals surface area contributed by atoms with Crippen LogP contribution in [-0.2, 0) is 7.05 Å². The van der Waals surface area contributed by atoms with Gasteiger partial charge in [0.2, 0.25) is 0 Å². The number of phenols is 1. The highest BCUT2D eigenvalue weighted by Gasteiger charge is 2.14. The van der Waals surface area contributed by atoms with Crippen molar-refractivity contribution < 1.29 is 5.11 Å². The van der Waals surface area contributed by atoms with Gasteiger partial charge in [-0.25, -0.2) is 0 Å². The highest BCUT2D eigenvalue weighted by molar-refractivity contribution is 6.00. The summed E-state index contributed by atoms with van der Waals surface area (Å²) in [7, 11) is 1.85. The fourth-order valence-corrected chi connectivity index (χ4v) is 2.23. The van der Waals surface area contributed by atoms with Crippen LogP contribution in [0.4, 0.5) is 5.69 Å². The van der Waals surface area contributed by atoms with Gasteiger partial charge in [0, 0.05) is 18.0 Å². The summed E-state index contributed by atoms with van der Waals surface area (Å²) in [5, 5.41) is 15.3. The van der Waals surface area contributed by atoms with E-state index in [1.165, 1.54) is 0 Å². The number of aryl methyl sites for hydroxylation is 1. The molecule has 0 saturated carbocycles. The van der Waals surface area contributed by atoms with Crippen LogP contribution in [0.25, 0.3) is 22.2 Å². The number of anilines is 1. The van der Waals surface area contributed by atoms with Crippen LogP contribution in [0.1, 0.15) is 0 Å². The zero-order chi connectivity index (χ0) is 12.7. The van der Waals surface area contributed by atoms with E-state index >= 15 is 0 Å². The number of aromatic hydroxyl groups is 1. The summed E-state index contributed by atoms with van der Waals surface area (Å²) in [6.45, 7) is 0. The number of rotatable bonds is 1. The summed E-state index contributed by atoms with van der Waals surface area (Å²) < 4.78 is 1.75. The van der Waals surface area contributed by atoms with Gasteiger partial charge >= 0.3 is 0 Å². The van der Waals surface area contributed by atoms with Crippen molar-refractivity contribution in [3.05, 3.63) is 42.5 Å². The van der Waals surface area contributed by atoms with Crippen molar-refractivity contribution in [3.63, 3.8) is 0 Å². The highest BCUT2D eigenvalue weighted by atomic mass is 16.3. The van der Waals surface area contributed by atoms with E-state index in [0.29, 0.717) is 5.69 Å². The summed E-state index contributed by atoms with van der Waals surface area (Å²) in [6.07, 6.45) is 0. The SMILES string of the molecule is Cn1nc2c(N)cccc2c1-c1ccccc1O. The van der Waals surface area contributed by atoms with Crippen LogP contribution in [-0.4, -0.2) is 14.9 Å². The molecule has 0 amide bonds. The fraction of sp³-hybridized carbons (Fsp3) is 0.0714. The molecule has 1 heterocycles. The fourth-order valence-electron chi connectivity index (χ4n) is 2.23. The van der Waals surface area contributed by atoms with Gasteiger partial charge in [0.1, 0.15) is 11.3 Å². The van der Waals surface area contributed by atoms with E-state index in [1.807, 2.05) is 37.4 Å². The predicted octanol–water partition coefficient (Wildman–Crippen LogP) is 2.53. The molecule has 18 heavy (non-hydrogen) atoms. The third kappa shape index (κ3) is 1.43. The van der Waals surface area contributed by atoms with Crippen molar-refractivity contribution in [3.8, 4) is 17.0 Å². The molecule has 0 saturated heterocycles. The van der Waals surface area contributed by atoms with E-state index in [4.69, 9.17) is 5.73 Å². The Bertz CT molecular complexity index is 731. The van der Waals surface area contributed by atoms with Gasteiger partial charge in [0.05, 0.1) is 11.4 Å². The molecular weight excluding hydrogens is 226 g/mol. The van der Waals surface area contributed by atoms with Crippen molar-refractivity contribution in [2.24, 2.45) is 7.05 Å². The molecule has 2 aromatic carbocycles. The standard InChI is InChI=1S/C14H13N3O/c1-17-14(9-5-2-3-8-12(9)18)10-6-4-7-11(15)13(10)16-17/h2-8,18H,15H2,1H3. The Hall–Kier alpha value is -2.49. The van der Waals surface area contributed by atoms with Crippen LogP contribution in [0.5, 0.6) is 5.75 Å². The first-order chi connectivity index (χ1) is 8.68. The van der Waals surface area contributed by atoms with Crippen LogP contribution in [0.15, 0.2) is 42.5 Å². The predicted molar refractivity (Wildman–Crippen MR) is 72.2 cm³/mol. The number of hydrogen-bond donors (Lipinski definition) is 2. The first kappa shape index (κ1) is 10.7. The van der Waals surface area contributed by atoms with E-state index in [9.17, 15) is 5.11 Å². The Labute approximate surface area is 104 Å². The molecule has 0 spiro atoms. The number of nitrogen functional groups attached to an aromatic ring is 1. The second-order valence-electron chi connectivity index (χ2n) is 4.23. The van der Waals surface area contributed by atoms with Crippen molar-refractivity contribution in [1.82, 2.24) is 9.78 Å². The molecule has 4 nitrogen and oxygen atoms in total. The Kier molecular flexibility index (Phi) is 2.23. The van der Waals surface area contributed by atoms with E-state index in [1.54, 1.807) is 16.8 Å². The molecule has 0 atom stereocenters. The number of phenolic OH excluding ortho intramolecular Hbond substituents is 1. The van der Waals surface area contributed by atoms with Gasteiger partial charge in [0.25, 0.3) is 0 Å². The number of fused-ring (bicyclic) bond motifs is 1. The van der Waals surface area contributed by atoms with Crippen LogP contribution >= 0.6 is 0 Å². The smallest absolute Gasteiger partial charge is 0.124 e. The maximum atomic E-state index is 9.96. The zero-order valence-corrected chi connectivity index (χ0v) is 9.96. The second kappa shape index (κ2) is 3.77. The maximum absolute atomic E-state index is 9.96. The molecule has 0 aliphatic heterocycles. The topological polar surface area (TPSA) is 64.1 Å². The molecule has 3 aromatic rings. The minimum Gasteiger partial charge on any atom is -0.507 e. The Morgan fingerprint density at radius 2 is 1.89 bits per heavy atom. The average Bonchev–Trinajstić information content (AvgIpc) is 2.68. The molecule has 3 rings (SSSR count). The minimum atomic E-state index is 0.241. The number of para-hydroxylation sites is 1. The van der Waals surface area contributed by atoms with Crippen LogP contribution in [0, 0.1) is 0 Å². The molecule has 0 bridgehead atoms. The third-order valence-corrected chi connectivity index (χ3v) is 3.06. The zero-order valence-electron chi connectivity index (χ0n) is 9.96. The van der Waals surface area contributed by atoms with Crippen molar-refractivity contribution in [2.75, 3.05) is 5.73 Å². The summed E-state index contributed by atoms with van der Waals surface area (Å²) in [5.41, 5.74) is 8.95. The van der Waals surface area contributed by atoms with Gasteiger partial charge in [-0.05, 0) is 18.2 Å². The first-order valence-corrected chi connectivity index (χ1v) is 5.68. The lowest BCUT2D eigenvalue weighted by Crippen LogP contribution is -1.93. The lowest BCUT2D eigenvalue weighted by Gasteiger charge is -2.05. The Morgan fingerprint density at radius 3 is 2.67 bits per heavy atom. The van der Waals surface area contributed by atoms with Gasteiger partial charge in [-0.15, -0.1) is 0 Å². The van der Waals surface area contributed by atoms with Crippen LogP contribution < -0.4 is 5.73 Å². The maximum Gasteiger partial charge on any atom is 0.124 e. The largest absolute Gasteiger partial charge is 0.507 e. The van der Waals surface area contributed by atoms with Crippen LogP contribution in [0.3, 0.4) is 0 Å².